The topological polar surface area (TPSA) is 116 Å². The summed E-state index contributed by atoms with van der Waals surface area (Å²) in [6.45, 7) is 1.61. The van der Waals surface area contributed by atoms with Gasteiger partial charge in [0.05, 0.1) is 6.54 Å². The van der Waals surface area contributed by atoms with Crippen molar-refractivity contribution in [2.75, 3.05) is 29.5 Å². The summed E-state index contributed by atoms with van der Waals surface area (Å²) in [6.07, 6.45) is 0.973. The number of ether oxygens (including phenoxy) is 1. The van der Waals surface area contributed by atoms with Crippen molar-refractivity contribution in [1.82, 2.24) is 20.4 Å². The van der Waals surface area contributed by atoms with E-state index in [9.17, 15) is 0 Å². The van der Waals surface area contributed by atoms with Crippen LogP contribution in [0.15, 0.2) is 0 Å². The van der Waals surface area contributed by atoms with Gasteiger partial charge in [-0.15, -0.1) is 15.3 Å². The molecule has 10 heteroatoms. The smallest absolute Gasteiger partial charge is 0.296 e. The van der Waals surface area contributed by atoms with Gasteiger partial charge in [0.1, 0.15) is 6.10 Å². The second-order valence-corrected chi connectivity index (χ2v) is 5.76. The van der Waals surface area contributed by atoms with Crippen molar-refractivity contribution in [3.63, 3.8) is 0 Å². The van der Waals surface area contributed by atoms with E-state index >= 15 is 0 Å². The van der Waals surface area contributed by atoms with Crippen molar-refractivity contribution in [2.45, 2.75) is 12.5 Å². The summed E-state index contributed by atoms with van der Waals surface area (Å²) in [5.74, 6) is 0. The summed E-state index contributed by atoms with van der Waals surface area (Å²) < 4.78 is 5.70. The fraction of sp³-hybridized carbons (Fsp3) is 0.500. The largest absolute Gasteiger partial charge is 0.464 e. The molecule has 0 saturated carbocycles. The molecule has 8 nitrogen and oxygen atoms in total. The number of rotatable bonds is 3. The minimum absolute atomic E-state index is 0.0717. The predicted octanol–water partition coefficient (Wildman–Crippen LogP) is 0.212. The minimum atomic E-state index is 0.0717. The first kappa shape index (κ1) is 11.4. The highest BCUT2D eigenvalue weighted by molar-refractivity contribution is 7.18. The lowest BCUT2D eigenvalue weighted by Crippen LogP contribution is -2.24. The summed E-state index contributed by atoms with van der Waals surface area (Å²) in [6, 6.07) is 0. The molecule has 0 aliphatic carbocycles. The van der Waals surface area contributed by atoms with Crippen molar-refractivity contribution >= 4 is 38.1 Å². The van der Waals surface area contributed by atoms with Crippen LogP contribution in [0.5, 0.6) is 5.19 Å². The van der Waals surface area contributed by atoms with Crippen LogP contribution >= 0.6 is 22.7 Å². The number of nitrogen functional groups attached to an aromatic ring is 2. The summed E-state index contributed by atoms with van der Waals surface area (Å²) in [7, 11) is 0. The van der Waals surface area contributed by atoms with Crippen molar-refractivity contribution in [2.24, 2.45) is 0 Å². The molecule has 2 aromatic rings. The Morgan fingerprint density at radius 1 is 1.11 bits per heavy atom. The van der Waals surface area contributed by atoms with Crippen LogP contribution in [0.2, 0.25) is 0 Å². The summed E-state index contributed by atoms with van der Waals surface area (Å²) in [4.78, 5) is 2.10. The van der Waals surface area contributed by atoms with E-state index in [1.165, 1.54) is 22.7 Å². The molecule has 1 aliphatic heterocycles. The Kier molecular flexibility index (Phi) is 2.88. The van der Waals surface area contributed by atoms with Gasteiger partial charge in [-0.3, -0.25) is 0 Å². The molecule has 0 aromatic carbocycles. The Labute approximate surface area is 111 Å². The lowest BCUT2D eigenvalue weighted by atomic mass is 10.3. The molecular weight excluding hydrogens is 274 g/mol. The molecule has 3 heterocycles. The first-order valence-electron chi connectivity index (χ1n) is 5.30. The van der Waals surface area contributed by atoms with Gasteiger partial charge in [0.2, 0.25) is 15.4 Å². The Bertz CT molecular complexity index is 541. The Balaban J connectivity index is 1.61. The molecule has 3 rings (SSSR count). The quantitative estimate of drug-likeness (QED) is 0.822. The number of hydrogen-bond donors (Lipinski definition) is 2. The molecule has 0 radical (unpaired) electrons. The molecule has 1 saturated heterocycles. The highest BCUT2D eigenvalue weighted by atomic mass is 32.1. The molecule has 18 heavy (non-hydrogen) atoms. The third kappa shape index (κ3) is 2.29. The van der Waals surface area contributed by atoms with Gasteiger partial charge in [-0.1, -0.05) is 16.4 Å². The molecular formula is C8H11N7OS2. The molecule has 2 aromatic heterocycles. The molecule has 0 unspecified atom stereocenters. The van der Waals surface area contributed by atoms with Crippen LogP contribution in [0.3, 0.4) is 0 Å². The third-order valence-electron chi connectivity index (χ3n) is 2.54. The number of nitrogens with zero attached hydrogens (tertiary/aromatic N) is 5. The van der Waals surface area contributed by atoms with E-state index in [1.807, 2.05) is 0 Å². The van der Waals surface area contributed by atoms with Crippen LogP contribution in [0.4, 0.5) is 15.4 Å². The SMILES string of the molecule is Nc1nnc(O[C@@H]2CCN(c3nnc(N)s3)C2)s1. The van der Waals surface area contributed by atoms with Gasteiger partial charge in [0.15, 0.2) is 0 Å². The molecule has 0 bridgehead atoms. The minimum Gasteiger partial charge on any atom is -0.464 e. The first-order valence-corrected chi connectivity index (χ1v) is 6.93. The second kappa shape index (κ2) is 4.53. The zero-order valence-corrected chi connectivity index (χ0v) is 10.9. The molecule has 1 fully saturated rings. The number of nitrogens with two attached hydrogens (primary N) is 2. The third-order valence-corrected chi connectivity index (χ3v) is 3.99. The average Bonchev–Trinajstić information content (AvgIpc) is 3.01. The lowest BCUT2D eigenvalue weighted by Gasteiger charge is -2.13. The molecule has 96 valence electrons. The Hall–Kier alpha value is -1.68. The molecule has 0 spiro atoms. The monoisotopic (exact) mass is 285 g/mol. The van der Waals surface area contributed by atoms with Gasteiger partial charge < -0.3 is 21.1 Å². The van der Waals surface area contributed by atoms with E-state index in [4.69, 9.17) is 16.2 Å². The van der Waals surface area contributed by atoms with E-state index in [0.29, 0.717) is 15.5 Å². The zero-order valence-electron chi connectivity index (χ0n) is 9.31. The van der Waals surface area contributed by atoms with Crippen LogP contribution in [-0.4, -0.2) is 39.6 Å². The highest BCUT2D eigenvalue weighted by Crippen LogP contribution is 2.28. The van der Waals surface area contributed by atoms with Crippen molar-refractivity contribution in [3.05, 3.63) is 0 Å². The fourth-order valence-corrected chi connectivity index (χ4v) is 2.93. The Morgan fingerprint density at radius 2 is 1.89 bits per heavy atom. The van der Waals surface area contributed by atoms with Gasteiger partial charge in [0, 0.05) is 13.0 Å². The summed E-state index contributed by atoms with van der Waals surface area (Å²) >= 11 is 2.62. The standard InChI is InChI=1S/C8H11N7OS2/c9-5-11-13-7(17-5)15-2-1-4(3-15)16-8-14-12-6(10)18-8/h4H,1-3H2,(H2,9,11)(H2,10,12)/t4-/m1/s1. The molecule has 0 amide bonds. The maximum Gasteiger partial charge on any atom is 0.296 e. The predicted molar refractivity (Wildman–Crippen MR) is 69.9 cm³/mol. The summed E-state index contributed by atoms with van der Waals surface area (Å²) in [5, 5.41) is 17.6. The van der Waals surface area contributed by atoms with Crippen molar-refractivity contribution in [3.8, 4) is 5.19 Å². The van der Waals surface area contributed by atoms with E-state index in [0.717, 1.165) is 24.6 Å². The molecule has 1 atom stereocenters. The van der Waals surface area contributed by atoms with Crippen LogP contribution in [0, 0.1) is 0 Å². The van der Waals surface area contributed by atoms with Gasteiger partial charge in [-0.25, -0.2) is 0 Å². The first-order chi connectivity index (χ1) is 8.70. The van der Waals surface area contributed by atoms with E-state index < -0.39 is 0 Å². The number of aromatic nitrogens is 4. The maximum atomic E-state index is 5.70. The second-order valence-electron chi connectivity index (χ2n) is 3.80. The van der Waals surface area contributed by atoms with Gasteiger partial charge in [0.25, 0.3) is 5.19 Å². The molecule has 1 aliphatic rings. The van der Waals surface area contributed by atoms with Crippen molar-refractivity contribution < 1.29 is 4.74 Å². The van der Waals surface area contributed by atoms with Crippen LogP contribution in [0.1, 0.15) is 6.42 Å². The van der Waals surface area contributed by atoms with Crippen LogP contribution < -0.4 is 21.1 Å². The van der Waals surface area contributed by atoms with E-state index in [2.05, 4.69) is 25.3 Å². The maximum absolute atomic E-state index is 5.70. The number of hydrogen-bond acceptors (Lipinski definition) is 10. The zero-order chi connectivity index (χ0) is 12.5. The van der Waals surface area contributed by atoms with E-state index in [-0.39, 0.29) is 6.10 Å². The van der Waals surface area contributed by atoms with Gasteiger partial charge in [-0.2, -0.15) is 0 Å². The molecule has 4 N–H and O–H groups in total. The van der Waals surface area contributed by atoms with Gasteiger partial charge in [-0.05, 0) is 11.3 Å². The Morgan fingerprint density at radius 3 is 2.56 bits per heavy atom. The van der Waals surface area contributed by atoms with Gasteiger partial charge >= 0.3 is 0 Å². The van der Waals surface area contributed by atoms with E-state index in [1.54, 1.807) is 0 Å². The normalized spacial score (nSPS) is 19.3. The number of anilines is 3. The fourth-order valence-electron chi connectivity index (χ4n) is 1.76. The van der Waals surface area contributed by atoms with Crippen molar-refractivity contribution in [1.29, 1.82) is 0 Å². The lowest BCUT2D eigenvalue weighted by molar-refractivity contribution is 0.222. The van der Waals surface area contributed by atoms with Crippen LogP contribution in [-0.2, 0) is 0 Å². The summed E-state index contributed by atoms with van der Waals surface area (Å²) in [5.41, 5.74) is 11.1. The van der Waals surface area contributed by atoms with Crippen LogP contribution in [0.25, 0.3) is 0 Å². The highest BCUT2D eigenvalue weighted by Gasteiger charge is 2.27. The average molecular weight is 285 g/mol.